The van der Waals surface area contributed by atoms with Crippen LogP contribution in [0.4, 0.5) is 0 Å². The number of thiophene rings is 1. The topological polar surface area (TPSA) is 46.5 Å². The minimum absolute atomic E-state index is 0.507. The summed E-state index contributed by atoms with van der Waals surface area (Å²) in [5.41, 5.74) is 1.89. The second-order valence-electron chi connectivity index (χ2n) is 3.78. The number of ether oxygens (including phenoxy) is 1. The van der Waals surface area contributed by atoms with Gasteiger partial charge in [-0.25, -0.2) is 4.79 Å². The highest BCUT2D eigenvalue weighted by atomic mass is 79.9. The summed E-state index contributed by atoms with van der Waals surface area (Å²) in [4.78, 5) is 10.5. The summed E-state index contributed by atoms with van der Waals surface area (Å²) in [6.45, 7) is 0.507. The lowest BCUT2D eigenvalue weighted by molar-refractivity contribution is -0.131. The minimum Gasteiger partial charge on any atom is -0.489 e. The molecule has 0 bridgehead atoms. The number of carboxylic acid groups (broad SMARTS) is 1. The molecular weight excluding hydrogens is 328 g/mol. The number of rotatable bonds is 5. The molecule has 0 radical (unpaired) electrons. The van der Waals surface area contributed by atoms with Crippen molar-refractivity contribution in [2.45, 2.75) is 6.61 Å². The lowest BCUT2D eigenvalue weighted by atomic mass is 10.2. The first-order valence-electron chi connectivity index (χ1n) is 5.49. The Hall–Kier alpha value is -1.59. The fraction of sp³-hybridized carbons (Fsp3) is 0.0714. The average Bonchev–Trinajstić information content (AvgIpc) is 2.89. The SMILES string of the molecule is O=C(O)/C=C/c1cc(OCc2ccsc2)ccc1Br. The van der Waals surface area contributed by atoms with E-state index in [1.54, 1.807) is 17.4 Å². The van der Waals surface area contributed by atoms with Gasteiger partial charge in [0.15, 0.2) is 0 Å². The van der Waals surface area contributed by atoms with Gasteiger partial charge in [-0.15, -0.1) is 0 Å². The molecule has 1 N–H and O–H groups in total. The van der Waals surface area contributed by atoms with Gasteiger partial charge in [0.2, 0.25) is 0 Å². The Morgan fingerprint density at radius 1 is 1.42 bits per heavy atom. The van der Waals surface area contributed by atoms with Crippen LogP contribution in [0.2, 0.25) is 0 Å². The normalized spacial score (nSPS) is 10.8. The van der Waals surface area contributed by atoms with Gasteiger partial charge in [-0.1, -0.05) is 15.9 Å². The van der Waals surface area contributed by atoms with E-state index in [9.17, 15) is 4.79 Å². The van der Waals surface area contributed by atoms with E-state index in [4.69, 9.17) is 9.84 Å². The van der Waals surface area contributed by atoms with Crippen molar-refractivity contribution in [1.29, 1.82) is 0 Å². The van der Waals surface area contributed by atoms with Gasteiger partial charge in [0.05, 0.1) is 0 Å². The van der Waals surface area contributed by atoms with Gasteiger partial charge in [-0.2, -0.15) is 11.3 Å². The summed E-state index contributed by atoms with van der Waals surface area (Å²) in [5, 5.41) is 12.7. The predicted molar refractivity (Wildman–Crippen MR) is 79.5 cm³/mol. The van der Waals surface area contributed by atoms with Crippen LogP contribution in [0.5, 0.6) is 5.75 Å². The average molecular weight is 339 g/mol. The molecule has 1 heterocycles. The zero-order chi connectivity index (χ0) is 13.7. The van der Waals surface area contributed by atoms with Gasteiger partial charge < -0.3 is 9.84 Å². The van der Waals surface area contributed by atoms with Crippen LogP contribution >= 0.6 is 27.3 Å². The van der Waals surface area contributed by atoms with Crippen molar-refractivity contribution in [3.63, 3.8) is 0 Å². The lowest BCUT2D eigenvalue weighted by Crippen LogP contribution is -1.94. The number of aliphatic carboxylic acids is 1. The molecule has 2 aromatic rings. The van der Waals surface area contributed by atoms with Crippen molar-refractivity contribution in [3.8, 4) is 5.75 Å². The van der Waals surface area contributed by atoms with E-state index in [0.717, 1.165) is 21.7 Å². The third-order valence-corrected chi connectivity index (χ3v) is 3.81. The number of carbonyl (C=O) groups is 1. The molecule has 0 aliphatic rings. The van der Waals surface area contributed by atoms with E-state index in [-0.39, 0.29) is 0 Å². The zero-order valence-corrected chi connectivity index (χ0v) is 12.3. The smallest absolute Gasteiger partial charge is 0.328 e. The highest BCUT2D eigenvalue weighted by Gasteiger charge is 2.01. The van der Waals surface area contributed by atoms with E-state index < -0.39 is 5.97 Å². The molecule has 0 amide bonds. The van der Waals surface area contributed by atoms with Crippen LogP contribution in [-0.2, 0) is 11.4 Å². The van der Waals surface area contributed by atoms with Crippen LogP contribution in [0.15, 0.2) is 45.6 Å². The van der Waals surface area contributed by atoms with Crippen molar-refractivity contribution in [3.05, 3.63) is 56.7 Å². The highest BCUT2D eigenvalue weighted by Crippen LogP contribution is 2.24. The number of benzene rings is 1. The molecule has 19 heavy (non-hydrogen) atoms. The number of halogens is 1. The van der Waals surface area contributed by atoms with Gasteiger partial charge in [0, 0.05) is 10.5 Å². The first-order chi connectivity index (χ1) is 9.15. The predicted octanol–water partition coefficient (Wildman–Crippen LogP) is 4.19. The van der Waals surface area contributed by atoms with Crippen LogP contribution < -0.4 is 4.74 Å². The quantitative estimate of drug-likeness (QED) is 0.831. The van der Waals surface area contributed by atoms with E-state index >= 15 is 0 Å². The molecule has 1 aromatic heterocycles. The van der Waals surface area contributed by atoms with Crippen LogP contribution in [0.1, 0.15) is 11.1 Å². The molecule has 0 spiro atoms. The molecule has 0 saturated carbocycles. The Morgan fingerprint density at radius 2 is 2.26 bits per heavy atom. The monoisotopic (exact) mass is 338 g/mol. The van der Waals surface area contributed by atoms with Gasteiger partial charge in [-0.05, 0) is 52.2 Å². The molecule has 0 atom stereocenters. The maximum absolute atomic E-state index is 10.5. The zero-order valence-electron chi connectivity index (χ0n) is 9.88. The van der Waals surface area contributed by atoms with Crippen LogP contribution in [-0.4, -0.2) is 11.1 Å². The molecule has 0 unspecified atom stereocenters. The van der Waals surface area contributed by atoms with Gasteiger partial charge in [-0.3, -0.25) is 0 Å². The van der Waals surface area contributed by atoms with E-state index in [2.05, 4.69) is 15.9 Å². The number of hydrogen-bond acceptors (Lipinski definition) is 3. The Bertz CT molecular complexity index is 591. The van der Waals surface area contributed by atoms with Crippen molar-refractivity contribution in [1.82, 2.24) is 0 Å². The number of carboxylic acids is 1. The Morgan fingerprint density at radius 3 is 2.95 bits per heavy atom. The molecule has 0 aliphatic heterocycles. The third kappa shape index (κ3) is 4.22. The Kier molecular flexibility index (Phi) is 4.76. The molecular formula is C14H11BrO3S. The van der Waals surface area contributed by atoms with Crippen LogP contribution in [0, 0.1) is 0 Å². The second kappa shape index (κ2) is 6.54. The minimum atomic E-state index is -0.975. The first-order valence-corrected chi connectivity index (χ1v) is 7.23. The summed E-state index contributed by atoms with van der Waals surface area (Å²) in [5.74, 6) is -0.268. The van der Waals surface area contributed by atoms with Crippen LogP contribution in [0.25, 0.3) is 6.08 Å². The van der Waals surface area contributed by atoms with Crippen LogP contribution in [0.3, 0.4) is 0 Å². The standard InChI is InChI=1S/C14H11BrO3S/c15-13-3-2-12(7-11(13)1-4-14(16)17)18-8-10-5-6-19-9-10/h1-7,9H,8H2,(H,16,17)/b4-1+. The maximum Gasteiger partial charge on any atom is 0.328 e. The molecule has 0 saturated heterocycles. The molecule has 0 fully saturated rings. The highest BCUT2D eigenvalue weighted by molar-refractivity contribution is 9.10. The Labute approximate surface area is 123 Å². The number of hydrogen-bond donors (Lipinski definition) is 1. The van der Waals surface area contributed by atoms with Gasteiger partial charge in [0.25, 0.3) is 0 Å². The third-order valence-electron chi connectivity index (χ3n) is 2.36. The fourth-order valence-electron chi connectivity index (χ4n) is 1.44. The summed E-state index contributed by atoms with van der Waals surface area (Å²) in [6, 6.07) is 7.49. The molecule has 1 aromatic carbocycles. The van der Waals surface area contributed by atoms with Crippen molar-refractivity contribution in [2.24, 2.45) is 0 Å². The van der Waals surface area contributed by atoms with Crippen molar-refractivity contribution >= 4 is 39.3 Å². The largest absolute Gasteiger partial charge is 0.489 e. The van der Waals surface area contributed by atoms with Crippen molar-refractivity contribution in [2.75, 3.05) is 0 Å². The summed E-state index contributed by atoms with van der Waals surface area (Å²) >= 11 is 5.00. The van der Waals surface area contributed by atoms with Crippen molar-refractivity contribution < 1.29 is 14.6 Å². The Balaban J connectivity index is 2.09. The van der Waals surface area contributed by atoms with Gasteiger partial charge >= 0.3 is 5.97 Å². The van der Waals surface area contributed by atoms with Gasteiger partial charge in [0.1, 0.15) is 12.4 Å². The molecule has 2 rings (SSSR count). The molecule has 98 valence electrons. The van der Waals surface area contributed by atoms with E-state index in [0.29, 0.717) is 12.4 Å². The van der Waals surface area contributed by atoms with E-state index in [1.807, 2.05) is 29.0 Å². The second-order valence-corrected chi connectivity index (χ2v) is 5.41. The molecule has 5 heteroatoms. The fourth-order valence-corrected chi connectivity index (χ4v) is 2.47. The first kappa shape index (κ1) is 13.8. The summed E-state index contributed by atoms with van der Waals surface area (Å²) in [6.07, 6.45) is 2.63. The lowest BCUT2D eigenvalue weighted by Gasteiger charge is -2.07. The molecule has 0 aliphatic carbocycles. The summed E-state index contributed by atoms with van der Waals surface area (Å²) < 4.78 is 6.48. The maximum atomic E-state index is 10.5. The summed E-state index contributed by atoms with van der Waals surface area (Å²) in [7, 11) is 0. The van der Waals surface area contributed by atoms with E-state index in [1.165, 1.54) is 6.08 Å². The molecule has 3 nitrogen and oxygen atoms in total.